The molecular weight excluding hydrogens is 222 g/mol. The number of carboxylic acids is 1. The second-order valence-corrected chi connectivity index (χ2v) is 6.51. The zero-order chi connectivity index (χ0) is 11.5. The van der Waals surface area contributed by atoms with Crippen LogP contribution in [0.1, 0.15) is 39.0 Å². The van der Waals surface area contributed by atoms with E-state index in [9.17, 15) is 4.79 Å². The highest BCUT2D eigenvalue weighted by Gasteiger charge is 2.30. The van der Waals surface area contributed by atoms with Gasteiger partial charge in [-0.05, 0) is 37.9 Å². The van der Waals surface area contributed by atoms with E-state index in [-0.39, 0.29) is 5.92 Å². The van der Waals surface area contributed by atoms with Crippen molar-refractivity contribution in [2.24, 2.45) is 5.92 Å². The first-order valence-electron chi connectivity index (χ1n) is 6.27. The zero-order valence-electron chi connectivity index (χ0n) is 9.82. The lowest BCUT2D eigenvalue weighted by atomic mass is 9.85. The summed E-state index contributed by atoms with van der Waals surface area (Å²) in [5.74, 6) is 0.570. The molecule has 3 nitrogen and oxygen atoms in total. The number of rotatable bonds is 3. The van der Waals surface area contributed by atoms with Crippen molar-refractivity contribution >= 4 is 17.7 Å². The van der Waals surface area contributed by atoms with Gasteiger partial charge in [-0.2, -0.15) is 11.8 Å². The van der Waals surface area contributed by atoms with Crippen LogP contribution in [0.2, 0.25) is 0 Å². The molecule has 0 bridgehead atoms. The van der Waals surface area contributed by atoms with Gasteiger partial charge < -0.3 is 10.4 Å². The van der Waals surface area contributed by atoms with E-state index in [0.717, 1.165) is 30.9 Å². The molecule has 2 atom stereocenters. The van der Waals surface area contributed by atoms with E-state index in [1.807, 2.05) is 11.8 Å². The lowest BCUT2D eigenvalue weighted by Crippen LogP contribution is -2.43. The molecule has 1 heterocycles. The summed E-state index contributed by atoms with van der Waals surface area (Å²) >= 11 is 2.04. The third-order valence-corrected chi connectivity index (χ3v) is 5.23. The van der Waals surface area contributed by atoms with Gasteiger partial charge >= 0.3 is 5.97 Å². The van der Waals surface area contributed by atoms with E-state index in [4.69, 9.17) is 5.11 Å². The molecule has 1 aliphatic heterocycles. The maximum atomic E-state index is 10.8. The van der Waals surface area contributed by atoms with E-state index in [0.29, 0.717) is 12.1 Å². The minimum absolute atomic E-state index is 0.0894. The maximum Gasteiger partial charge on any atom is 0.306 e. The van der Waals surface area contributed by atoms with Crippen molar-refractivity contribution in [3.05, 3.63) is 0 Å². The van der Waals surface area contributed by atoms with Gasteiger partial charge in [-0.1, -0.05) is 6.92 Å². The molecule has 0 aromatic heterocycles. The average molecular weight is 243 g/mol. The van der Waals surface area contributed by atoms with E-state index >= 15 is 0 Å². The van der Waals surface area contributed by atoms with Crippen molar-refractivity contribution in [3.63, 3.8) is 0 Å². The van der Waals surface area contributed by atoms with Crippen molar-refractivity contribution in [3.8, 4) is 0 Å². The second-order valence-electron chi connectivity index (χ2n) is 5.02. The molecule has 92 valence electrons. The Morgan fingerprint density at radius 3 is 2.44 bits per heavy atom. The number of nitrogens with one attached hydrogen (secondary N) is 1. The van der Waals surface area contributed by atoms with Crippen LogP contribution >= 0.6 is 11.8 Å². The normalized spacial score (nSPS) is 39.8. The van der Waals surface area contributed by atoms with E-state index < -0.39 is 5.97 Å². The molecule has 0 aromatic rings. The number of carboxylic acid groups (broad SMARTS) is 1. The SMILES string of the molecule is CC1SCCC1NC1CCC(C(=O)O)CC1. The summed E-state index contributed by atoms with van der Waals surface area (Å²) in [6, 6.07) is 1.21. The largest absolute Gasteiger partial charge is 0.481 e. The predicted octanol–water partition coefficient (Wildman–Crippen LogP) is 2.11. The van der Waals surface area contributed by atoms with Gasteiger partial charge in [0.1, 0.15) is 0 Å². The van der Waals surface area contributed by atoms with Crippen LogP contribution in [0.3, 0.4) is 0 Å². The molecule has 2 unspecified atom stereocenters. The van der Waals surface area contributed by atoms with Gasteiger partial charge in [0.25, 0.3) is 0 Å². The Labute approximate surface area is 101 Å². The molecule has 2 N–H and O–H groups in total. The number of hydrogen-bond donors (Lipinski definition) is 2. The van der Waals surface area contributed by atoms with E-state index in [2.05, 4.69) is 12.2 Å². The first-order valence-corrected chi connectivity index (χ1v) is 7.32. The topological polar surface area (TPSA) is 49.3 Å². The molecule has 2 fully saturated rings. The molecule has 2 aliphatic rings. The Bertz CT molecular complexity index is 251. The summed E-state index contributed by atoms with van der Waals surface area (Å²) < 4.78 is 0. The molecule has 4 heteroatoms. The van der Waals surface area contributed by atoms with Gasteiger partial charge in [-0.25, -0.2) is 0 Å². The van der Waals surface area contributed by atoms with Gasteiger partial charge in [0, 0.05) is 17.3 Å². The van der Waals surface area contributed by atoms with Crippen molar-refractivity contribution < 1.29 is 9.90 Å². The van der Waals surface area contributed by atoms with Gasteiger partial charge in [-0.3, -0.25) is 4.79 Å². The van der Waals surface area contributed by atoms with E-state index in [1.54, 1.807) is 0 Å². The third-order valence-electron chi connectivity index (χ3n) is 3.90. The molecular formula is C12H21NO2S. The number of thioether (sulfide) groups is 1. The lowest BCUT2D eigenvalue weighted by Gasteiger charge is -2.30. The number of carbonyl (C=O) groups is 1. The third kappa shape index (κ3) is 2.92. The minimum Gasteiger partial charge on any atom is -0.481 e. The standard InChI is InChI=1S/C12H21NO2S/c1-8-11(6-7-16-8)13-10-4-2-9(3-5-10)12(14)15/h8-11,13H,2-7H2,1H3,(H,14,15). The highest BCUT2D eigenvalue weighted by Crippen LogP contribution is 2.29. The number of hydrogen-bond acceptors (Lipinski definition) is 3. The Morgan fingerprint density at radius 2 is 1.94 bits per heavy atom. The Kier molecular flexibility index (Phi) is 4.14. The van der Waals surface area contributed by atoms with Crippen LogP contribution in [0.5, 0.6) is 0 Å². The maximum absolute atomic E-state index is 10.8. The van der Waals surface area contributed by atoms with Crippen LogP contribution < -0.4 is 5.32 Å². The first kappa shape index (κ1) is 12.2. The molecule has 1 aliphatic carbocycles. The summed E-state index contributed by atoms with van der Waals surface area (Å²) in [7, 11) is 0. The van der Waals surface area contributed by atoms with Crippen LogP contribution in [0.15, 0.2) is 0 Å². The summed E-state index contributed by atoms with van der Waals surface area (Å²) in [6.45, 7) is 2.29. The van der Waals surface area contributed by atoms with Crippen molar-refractivity contribution in [2.45, 2.75) is 56.4 Å². The first-order chi connectivity index (χ1) is 7.66. The van der Waals surface area contributed by atoms with Gasteiger partial charge in [-0.15, -0.1) is 0 Å². The Morgan fingerprint density at radius 1 is 1.25 bits per heavy atom. The number of aliphatic carboxylic acids is 1. The molecule has 16 heavy (non-hydrogen) atoms. The average Bonchev–Trinajstić information content (AvgIpc) is 2.65. The summed E-state index contributed by atoms with van der Waals surface area (Å²) in [5.41, 5.74) is 0. The molecule has 2 rings (SSSR count). The minimum atomic E-state index is -0.608. The van der Waals surface area contributed by atoms with Crippen LogP contribution in [-0.2, 0) is 4.79 Å². The molecule has 1 saturated carbocycles. The molecule has 0 amide bonds. The van der Waals surface area contributed by atoms with Crippen LogP contribution in [0.25, 0.3) is 0 Å². The van der Waals surface area contributed by atoms with Gasteiger partial charge in [0.2, 0.25) is 0 Å². The van der Waals surface area contributed by atoms with E-state index in [1.165, 1.54) is 12.2 Å². The van der Waals surface area contributed by atoms with Crippen molar-refractivity contribution in [1.29, 1.82) is 0 Å². The quantitative estimate of drug-likeness (QED) is 0.797. The Hall–Kier alpha value is -0.220. The fraction of sp³-hybridized carbons (Fsp3) is 0.917. The fourth-order valence-corrected chi connectivity index (χ4v) is 3.97. The predicted molar refractivity (Wildman–Crippen MR) is 66.8 cm³/mol. The Balaban J connectivity index is 1.74. The fourth-order valence-electron chi connectivity index (χ4n) is 2.76. The second kappa shape index (κ2) is 5.41. The van der Waals surface area contributed by atoms with Crippen LogP contribution in [0.4, 0.5) is 0 Å². The molecule has 0 aromatic carbocycles. The van der Waals surface area contributed by atoms with Gasteiger partial charge in [0.15, 0.2) is 0 Å². The summed E-state index contributed by atoms with van der Waals surface area (Å²) in [5, 5.41) is 13.4. The molecule has 0 spiro atoms. The van der Waals surface area contributed by atoms with Gasteiger partial charge in [0.05, 0.1) is 5.92 Å². The van der Waals surface area contributed by atoms with Crippen molar-refractivity contribution in [2.75, 3.05) is 5.75 Å². The smallest absolute Gasteiger partial charge is 0.306 e. The van der Waals surface area contributed by atoms with Crippen LogP contribution in [-0.4, -0.2) is 34.2 Å². The summed E-state index contributed by atoms with van der Waals surface area (Å²) in [4.78, 5) is 10.8. The monoisotopic (exact) mass is 243 g/mol. The zero-order valence-corrected chi connectivity index (χ0v) is 10.6. The highest BCUT2D eigenvalue weighted by atomic mass is 32.2. The molecule has 0 radical (unpaired) electrons. The summed E-state index contributed by atoms with van der Waals surface area (Å²) in [6.07, 6.45) is 5.03. The lowest BCUT2D eigenvalue weighted by molar-refractivity contribution is -0.142. The van der Waals surface area contributed by atoms with Crippen molar-refractivity contribution in [1.82, 2.24) is 5.32 Å². The molecule has 1 saturated heterocycles. The highest BCUT2D eigenvalue weighted by molar-refractivity contribution is 8.00. The van der Waals surface area contributed by atoms with Crippen LogP contribution in [0, 0.1) is 5.92 Å².